The molecule has 3 aliphatic rings. The minimum atomic E-state index is -3.83. The van der Waals surface area contributed by atoms with Gasteiger partial charge in [-0.25, -0.2) is 8.42 Å². The van der Waals surface area contributed by atoms with E-state index in [1.807, 2.05) is 0 Å². The predicted molar refractivity (Wildman–Crippen MR) is 109 cm³/mol. The molecule has 2 saturated heterocycles. The lowest BCUT2D eigenvalue weighted by Crippen LogP contribution is -2.49. The molecule has 3 amide bonds. The van der Waals surface area contributed by atoms with Crippen molar-refractivity contribution in [3.8, 4) is 0 Å². The molecule has 1 aromatic carbocycles. The molecule has 30 heavy (non-hydrogen) atoms. The lowest BCUT2D eigenvalue weighted by atomic mass is 9.96. The van der Waals surface area contributed by atoms with Crippen LogP contribution in [0.1, 0.15) is 25.7 Å². The van der Waals surface area contributed by atoms with E-state index in [-0.39, 0.29) is 54.1 Å². The van der Waals surface area contributed by atoms with Crippen molar-refractivity contribution in [2.45, 2.75) is 30.6 Å². The number of piperidine rings is 1. The molecule has 4 rings (SSSR count). The van der Waals surface area contributed by atoms with Gasteiger partial charge in [-0.3, -0.25) is 14.4 Å². The summed E-state index contributed by atoms with van der Waals surface area (Å²) in [7, 11) is -3.83. The maximum Gasteiger partial charge on any atom is 0.243 e. The first-order valence-corrected chi connectivity index (χ1v) is 11.7. The molecular weight excluding hydrogens is 408 g/mol. The third kappa shape index (κ3) is 4.49. The Kier molecular flexibility index (Phi) is 5.79. The molecule has 1 aromatic rings. The van der Waals surface area contributed by atoms with Gasteiger partial charge >= 0.3 is 0 Å². The lowest BCUT2D eigenvalue weighted by Gasteiger charge is -2.32. The molecule has 0 radical (unpaired) electrons. The van der Waals surface area contributed by atoms with E-state index in [0.29, 0.717) is 25.2 Å². The minimum absolute atomic E-state index is 0.0316. The molecule has 0 bridgehead atoms. The molecular formula is C20H26N4O5S. The van der Waals surface area contributed by atoms with Crippen molar-refractivity contribution >= 4 is 33.4 Å². The third-order valence-electron chi connectivity index (χ3n) is 5.77. The summed E-state index contributed by atoms with van der Waals surface area (Å²) in [6.45, 7) is 1.36. The van der Waals surface area contributed by atoms with Crippen LogP contribution >= 0.6 is 0 Å². The summed E-state index contributed by atoms with van der Waals surface area (Å²) >= 11 is 0. The van der Waals surface area contributed by atoms with Crippen molar-refractivity contribution in [1.29, 1.82) is 0 Å². The van der Waals surface area contributed by atoms with Crippen LogP contribution in [0.2, 0.25) is 0 Å². The Morgan fingerprint density at radius 1 is 1.10 bits per heavy atom. The molecule has 0 spiro atoms. The van der Waals surface area contributed by atoms with Crippen LogP contribution in [0.15, 0.2) is 29.2 Å². The van der Waals surface area contributed by atoms with E-state index in [4.69, 9.17) is 0 Å². The smallest absolute Gasteiger partial charge is 0.243 e. The summed E-state index contributed by atoms with van der Waals surface area (Å²) in [4.78, 5) is 38.4. The van der Waals surface area contributed by atoms with Crippen molar-refractivity contribution < 1.29 is 22.8 Å². The molecule has 1 atom stereocenters. The highest BCUT2D eigenvalue weighted by atomic mass is 32.2. The van der Waals surface area contributed by atoms with Gasteiger partial charge in [-0.05, 0) is 43.9 Å². The Morgan fingerprint density at radius 2 is 1.90 bits per heavy atom. The lowest BCUT2D eigenvalue weighted by molar-refractivity contribution is -0.135. The highest BCUT2D eigenvalue weighted by Crippen LogP contribution is 2.32. The number of likely N-dealkylation sites (tertiary alicyclic amines) is 1. The van der Waals surface area contributed by atoms with Crippen LogP contribution in [0.4, 0.5) is 5.69 Å². The van der Waals surface area contributed by atoms with Crippen molar-refractivity contribution in [2.24, 2.45) is 11.8 Å². The zero-order chi connectivity index (χ0) is 21.3. The zero-order valence-electron chi connectivity index (χ0n) is 16.7. The number of anilines is 1. The highest BCUT2D eigenvalue weighted by molar-refractivity contribution is 7.89. The number of sulfonamides is 1. The topological polar surface area (TPSA) is 116 Å². The molecule has 2 N–H and O–H groups in total. The van der Waals surface area contributed by atoms with Gasteiger partial charge < -0.3 is 15.5 Å². The molecule has 162 valence electrons. The summed E-state index contributed by atoms with van der Waals surface area (Å²) in [5.41, 5.74) is 0.383. The molecule has 9 nitrogen and oxygen atoms in total. The molecule has 1 aliphatic carbocycles. The van der Waals surface area contributed by atoms with Crippen molar-refractivity contribution in [3.63, 3.8) is 0 Å². The number of carbonyl (C=O) groups is 3. The maximum atomic E-state index is 12.8. The number of amides is 3. The van der Waals surface area contributed by atoms with E-state index in [0.717, 1.165) is 23.6 Å². The van der Waals surface area contributed by atoms with Crippen LogP contribution < -0.4 is 10.6 Å². The number of nitrogens with one attached hydrogen (secondary N) is 2. The third-order valence-corrected chi connectivity index (χ3v) is 7.61. The number of benzene rings is 1. The summed E-state index contributed by atoms with van der Waals surface area (Å²) < 4.78 is 26.8. The van der Waals surface area contributed by atoms with E-state index >= 15 is 0 Å². The van der Waals surface area contributed by atoms with Gasteiger partial charge in [-0.15, -0.1) is 0 Å². The summed E-state index contributed by atoms with van der Waals surface area (Å²) in [5, 5.41) is 5.40. The van der Waals surface area contributed by atoms with Gasteiger partial charge in [0.15, 0.2) is 0 Å². The van der Waals surface area contributed by atoms with Gasteiger partial charge in [0, 0.05) is 37.8 Å². The second-order valence-corrected chi connectivity index (χ2v) is 10.0. The fraction of sp³-hybridized carbons (Fsp3) is 0.550. The SMILES string of the molecule is O=C1CN(S(=O)(=O)c2cccc(NC(=O)C3CCCN(C(=O)C4CC4)C3)c2)CCN1. The summed E-state index contributed by atoms with van der Waals surface area (Å²) in [5.74, 6) is -0.587. The van der Waals surface area contributed by atoms with Crippen LogP contribution in [0.5, 0.6) is 0 Å². The van der Waals surface area contributed by atoms with Crippen molar-refractivity contribution in [3.05, 3.63) is 24.3 Å². The highest BCUT2D eigenvalue weighted by Gasteiger charge is 2.37. The number of piperazine rings is 1. The number of hydrogen-bond acceptors (Lipinski definition) is 5. The van der Waals surface area contributed by atoms with E-state index in [1.54, 1.807) is 17.0 Å². The standard InChI is InChI=1S/C20H26N4O5S/c25-18-13-24(10-8-21-18)30(28,29)17-5-1-4-16(11-17)22-19(26)15-3-2-9-23(12-15)20(27)14-6-7-14/h1,4-5,11,14-15H,2-3,6-10,12-13H2,(H,21,25)(H,22,26). The normalized spacial score (nSPS) is 23.0. The Bertz CT molecular complexity index is 960. The van der Waals surface area contributed by atoms with Crippen LogP contribution in [0.3, 0.4) is 0 Å². The molecule has 2 aliphatic heterocycles. The van der Waals surface area contributed by atoms with Crippen molar-refractivity contribution in [2.75, 3.05) is 38.0 Å². The first-order chi connectivity index (χ1) is 14.3. The van der Waals surface area contributed by atoms with Gasteiger partial charge in [0.05, 0.1) is 17.4 Å². The number of hydrogen-bond donors (Lipinski definition) is 2. The molecule has 0 aromatic heterocycles. The Morgan fingerprint density at radius 3 is 2.63 bits per heavy atom. The van der Waals surface area contributed by atoms with Gasteiger partial charge in [0.1, 0.15) is 0 Å². The van der Waals surface area contributed by atoms with Crippen LogP contribution in [0.25, 0.3) is 0 Å². The Hall–Kier alpha value is -2.46. The molecule has 1 saturated carbocycles. The average Bonchev–Trinajstić information content (AvgIpc) is 3.59. The van der Waals surface area contributed by atoms with Crippen LogP contribution in [0, 0.1) is 11.8 Å². The largest absolute Gasteiger partial charge is 0.354 e. The van der Waals surface area contributed by atoms with E-state index in [9.17, 15) is 22.8 Å². The van der Waals surface area contributed by atoms with E-state index < -0.39 is 10.0 Å². The molecule has 3 fully saturated rings. The summed E-state index contributed by atoms with van der Waals surface area (Å²) in [6.07, 6.45) is 3.35. The number of nitrogens with zero attached hydrogens (tertiary/aromatic N) is 2. The number of rotatable bonds is 5. The Labute approximate surface area is 175 Å². The average molecular weight is 435 g/mol. The number of carbonyl (C=O) groups excluding carboxylic acids is 3. The predicted octanol–water partition coefficient (Wildman–Crippen LogP) is 0.394. The molecule has 1 unspecified atom stereocenters. The minimum Gasteiger partial charge on any atom is -0.354 e. The van der Waals surface area contributed by atoms with Crippen LogP contribution in [-0.2, 0) is 24.4 Å². The fourth-order valence-electron chi connectivity index (χ4n) is 3.93. The molecule has 10 heteroatoms. The maximum absolute atomic E-state index is 12.8. The second-order valence-electron chi connectivity index (χ2n) is 8.10. The van der Waals surface area contributed by atoms with E-state index in [1.165, 1.54) is 12.1 Å². The van der Waals surface area contributed by atoms with Gasteiger partial charge in [-0.1, -0.05) is 6.07 Å². The van der Waals surface area contributed by atoms with Crippen LogP contribution in [-0.4, -0.2) is 68.1 Å². The van der Waals surface area contributed by atoms with Gasteiger partial charge in [-0.2, -0.15) is 4.31 Å². The van der Waals surface area contributed by atoms with Crippen molar-refractivity contribution in [1.82, 2.24) is 14.5 Å². The first kappa shape index (κ1) is 20.8. The Balaban J connectivity index is 1.43. The van der Waals surface area contributed by atoms with Gasteiger partial charge in [0.25, 0.3) is 0 Å². The zero-order valence-corrected chi connectivity index (χ0v) is 17.5. The fourth-order valence-corrected chi connectivity index (χ4v) is 5.37. The second kappa shape index (κ2) is 8.35. The van der Waals surface area contributed by atoms with Gasteiger partial charge in [0.2, 0.25) is 27.7 Å². The molecule has 2 heterocycles. The first-order valence-electron chi connectivity index (χ1n) is 10.3. The summed E-state index contributed by atoms with van der Waals surface area (Å²) in [6, 6.07) is 6.07. The van der Waals surface area contributed by atoms with E-state index in [2.05, 4.69) is 10.6 Å². The monoisotopic (exact) mass is 434 g/mol. The quantitative estimate of drug-likeness (QED) is 0.696.